The van der Waals surface area contributed by atoms with Crippen molar-refractivity contribution in [3.05, 3.63) is 24.3 Å². The summed E-state index contributed by atoms with van der Waals surface area (Å²) >= 11 is 1.26. The summed E-state index contributed by atoms with van der Waals surface area (Å²) in [6.45, 7) is 0. The monoisotopic (exact) mass is 166 g/mol. The molecule has 0 fully saturated rings. The number of hydrogen-bond acceptors (Lipinski definition) is 3. The molecule has 1 aromatic heterocycles. The molecule has 0 aliphatic heterocycles. The van der Waals surface area contributed by atoms with Gasteiger partial charge in [0.15, 0.2) is 5.06 Å². The molecule has 0 saturated carbocycles. The standard InChI is InChI=1S/C8H6O2S/c9-6-2-1-5-3-8(10)11-7(5)4-6/h1-4,9-10H. The quantitative estimate of drug-likeness (QED) is 0.630. The van der Waals surface area contributed by atoms with Crippen LogP contribution in [0.3, 0.4) is 0 Å². The van der Waals surface area contributed by atoms with Crippen LogP contribution in [0.4, 0.5) is 0 Å². The second kappa shape index (κ2) is 2.13. The van der Waals surface area contributed by atoms with Gasteiger partial charge in [-0.05, 0) is 29.7 Å². The third-order valence-corrected chi connectivity index (χ3v) is 2.39. The average Bonchev–Trinajstić information content (AvgIpc) is 2.27. The third-order valence-electron chi connectivity index (χ3n) is 1.49. The van der Waals surface area contributed by atoms with Crippen molar-refractivity contribution >= 4 is 21.4 Å². The zero-order chi connectivity index (χ0) is 7.84. The molecule has 2 aromatic rings. The van der Waals surface area contributed by atoms with Crippen molar-refractivity contribution in [3.63, 3.8) is 0 Å². The molecular weight excluding hydrogens is 160 g/mol. The number of rotatable bonds is 0. The van der Waals surface area contributed by atoms with E-state index in [4.69, 9.17) is 10.2 Å². The summed E-state index contributed by atoms with van der Waals surface area (Å²) in [6.07, 6.45) is 0. The first-order valence-corrected chi connectivity index (χ1v) is 3.99. The van der Waals surface area contributed by atoms with Crippen molar-refractivity contribution in [1.29, 1.82) is 0 Å². The third kappa shape index (κ3) is 1.03. The molecule has 56 valence electrons. The van der Waals surface area contributed by atoms with Crippen LogP contribution < -0.4 is 0 Å². The van der Waals surface area contributed by atoms with E-state index in [1.807, 2.05) is 0 Å². The highest BCUT2D eigenvalue weighted by atomic mass is 32.1. The van der Waals surface area contributed by atoms with Crippen molar-refractivity contribution in [3.8, 4) is 10.8 Å². The summed E-state index contributed by atoms with van der Waals surface area (Å²) in [7, 11) is 0. The zero-order valence-corrected chi connectivity index (χ0v) is 6.43. The van der Waals surface area contributed by atoms with Crippen LogP contribution in [0, 0.1) is 0 Å². The first-order chi connectivity index (χ1) is 5.25. The first kappa shape index (κ1) is 6.49. The van der Waals surface area contributed by atoms with Gasteiger partial charge in [0.2, 0.25) is 0 Å². The van der Waals surface area contributed by atoms with Gasteiger partial charge in [0, 0.05) is 4.70 Å². The molecule has 1 heterocycles. The van der Waals surface area contributed by atoms with Crippen LogP contribution in [0.5, 0.6) is 10.8 Å². The van der Waals surface area contributed by atoms with Crippen LogP contribution in [0.2, 0.25) is 0 Å². The maximum atomic E-state index is 9.08. The number of aromatic hydroxyl groups is 2. The van der Waals surface area contributed by atoms with Gasteiger partial charge in [0.05, 0.1) is 0 Å². The number of benzene rings is 1. The molecule has 2 nitrogen and oxygen atoms in total. The molecule has 1 aromatic carbocycles. The summed E-state index contributed by atoms with van der Waals surface area (Å²) in [6, 6.07) is 6.70. The minimum Gasteiger partial charge on any atom is -0.508 e. The molecule has 11 heavy (non-hydrogen) atoms. The van der Waals surface area contributed by atoms with Crippen molar-refractivity contribution in [2.75, 3.05) is 0 Å². The normalized spacial score (nSPS) is 10.5. The fraction of sp³-hybridized carbons (Fsp3) is 0. The van der Waals surface area contributed by atoms with E-state index in [2.05, 4.69) is 0 Å². The van der Waals surface area contributed by atoms with Gasteiger partial charge < -0.3 is 10.2 Å². The second-order valence-corrected chi connectivity index (χ2v) is 3.37. The van der Waals surface area contributed by atoms with Gasteiger partial charge in [-0.25, -0.2) is 0 Å². The Hall–Kier alpha value is -1.22. The predicted molar refractivity (Wildman–Crippen MR) is 45.2 cm³/mol. The predicted octanol–water partition coefficient (Wildman–Crippen LogP) is 2.31. The van der Waals surface area contributed by atoms with Gasteiger partial charge >= 0.3 is 0 Å². The number of hydrogen-bond donors (Lipinski definition) is 2. The average molecular weight is 166 g/mol. The Morgan fingerprint density at radius 3 is 2.73 bits per heavy atom. The van der Waals surface area contributed by atoms with Crippen LogP contribution in [-0.2, 0) is 0 Å². The van der Waals surface area contributed by atoms with Gasteiger partial charge in [0.1, 0.15) is 5.75 Å². The summed E-state index contributed by atoms with van der Waals surface area (Å²) in [5, 5.41) is 19.4. The van der Waals surface area contributed by atoms with Crippen LogP contribution in [0.25, 0.3) is 10.1 Å². The maximum absolute atomic E-state index is 9.08. The van der Waals surface area contributed by atoms with E-state index < -0.39 is 0 Å². The lowest BCUT2D eigenvalue weighted by atomic mass is 10.2. The molecule has 2 rings (SSSR count). The topological polar surface area (TPSA) is 40.5 Å². The van der Waals surface area contributed by atoms with Crippen LogP contribution in [0.1, 0.15) is 0 Å². The molecule has 0 amide bonds. The molecule has 0 atom stereocenters. The van der Waals surface area contributed by atoms with E-state index in [0.29, 0.717) is 0 Å². The van der Waals surface area contributed by atoms with Crippen molar-refractivity contribution in [2.45, 2.75) is 0 Å². The van der Waals surface area contributed by atoms with Crippen LogP contribution in [0.15, 0.2) is 24.3 Å². The Kier molecular flexibility index (Phi) is 1.26. The van der Waals surface area contributed by atoms with Crippen molar-refractivity contribution < 1.29 is 10.2 Å². The molecule has 0 bridgehead atoms. The van der Waals surface area contributed by atoms with E-state index in [1.165, 1.54) is 11.3 Å². The lowest BCUT2D eigenvalue weighted by Crippen LogP contribution is -1.61. The smallest absolute Gasteiger partial charge is 0.172 e. The minimum atomic E-state index is 0.236. The highest BCUT2D eigenvalue weighted by molar-refractivity contribution is 7.20. The molecule has 0 spiro atoms. The largest absolute Gasteiger partial charge is 0.508 e. The van der Waals surface area contributed by atoms with E-state index in [-0.39, 0.29) is 10.8 Å². The van der Waals surface area contributed by atoms with Crippen molar-refractivity contribution in [1.82, 2.24) is 0 Å². The molecule has 3 heteroatoms. The fourth-order valence-electron chi connectivity index (χ4n) is 1.01. The molecule has 0 aliphatic rings. The van der Waals surface area contributed by atoms with Gasteiger partial charge in [-0.2, -0.15) is 0 Å². The maximum Gasteiger partial charge on any atom is 0.172 e. The summed E-state index contributed by atoms with van der Waals surface area (Å²) in [4.78, 5) is 0. The van der Waals surface area contributed by atoms with Crippen LogP contribution in [-0.4, -0.2) is 10.2 Å². The second-order valence-electron chi connectivity index (χ2n) is 2.31. The van der Waals surface area contributed by atoms with E-state index in [9.17, 15) is 0 Å². The SMILES string of the molecule is Oc1ccc2cc(O)sc2c1. The number of thiophene rings is 1. The van der Waals surface area contributed by atoms with E-state index in [0.717, 1.165) is 10.1 Å². The Morgan fingerprint density at radius 2 is 1.91 bits per heavy atom. The first-order valence-electron chi connectivity index (χ1n) is 3.17. The van der Waals surface area contributed by atoms with Crippen molar-refractivity contribution in [2.24, 2.45) is 0 Å². The molecule has 2 N–H and O–H groups in total. The number of phenols is 1. The highest BCUT2D eigenvalue weighted by Gasteiger charge is 1.99. The Bertz CT molecular complexity index is 392. The molecule has 0 unspecified atom stereocenters. The zero-order valence-electron chi connectivity index (χ0n) is 5.61. The Balaban J connectivity index is 2.82. The molecule has 0 saturated heterocycles. The van der Waals surface area contributed by atoms with Crippen LogP contribution >= 0.6 is 11.3 Å². The van der Waals surface area contributed by atoms with Gasteiger partial charge in [-0.3, -0.25) is 0 Å². The molecule has 0 radical (unpaired) electrons. The minimum absolute atomic E-state index is 0.236. The van der Waals surface area contributed by atoms with E-state index >= 15 is 0 Å². The number of fused-ring (bicyclic) bond motifs is 1. The molecular formula is C8H6O2S. The van der Waals surface area contributed by atoms with Gasteiger partial charge in [-0.1, -0.05) is 11.3 Å². The summed E-state index contributed by atoms with van der Waals surface area (Å²) in [5.41, 5.74) is 0. The Morgan fingerprint density at radius 1 is 1.09 bits per heavy atom. The lowest BCUT2D eigenvalue weighted by Gasteiger charge is -1.88. The Labute approximate surface area is 67.3 Å². The number of phenolic OH excluding ortho intramolecular Hbond substituents is 1. The van der Waals surface area contributed by atoms with Gasteiger partial charge in [0.25, 0.3) is 0 Å². The highest BCUT2D eigenvalue weighted by Crippen LogP contribution is 2.32. The fourth-order valence-corrected chi connectivity index (χ4v) is 1.84. The lowest BCUT2D eigenvalue weighted by molar-refractivity contribution is 0.476. The van der Waals surface area contributed by atoms with E-state index in [1.54, 1.807) is 24.3 Å². The molecule has 0 aliphatic carbocycles. The summed E-state index contributed by atoms with van der Waals surface area (Å²) in [5.74, 6) is 0.236. The summed E-state index contributed by atoms with van der Waals surface area (Å²) < 4.78 is 0.905. The van der Waals surface area contributed by atoms with Gasteiger partial charge in [-0.15, -0.1) is 0 Å².